The van der Waals surface area contributed by atoms with Crippen LogP contribution in [0.25, 0.3) is 0 Å². The van der Waals surface area contributed by atoms with Gasteiger partial charge in [-0.2, -0.15) is 0 Å². The fraction of sp³-hybridized carbons (Fsp3) is 0.250. The maximum atomic E-state index is 3.57. The predicted octanol–water partition coefficient (Wildman–Crippen LogP) is 4.63. The smallest absolute Gasteiger partial charge is 0.0658 e. The molecule has 0 aliphatic carbocycles. The Balaban J connectivity index is 2.13. The fourth-order valence-electron chi connectivity index (χ4n) is 2.56. The molecule has 2 nitrogen and oxygen atoms in total. The van der Waals surface area contributed by atoms with E-state index >= 15 is 0 Å². The quantitative estimate of drug-likeness (QED) is 0.825. The molecule has 0 saturated heterocycles. The fourth-order valence-corrected chi connectivity index (χ4v) is 2.91. The minimum Gasteiger partial charge on any atom is -0.382 e. The molecule has 19 heavy (non-hydrogen) atoms. The lowest BCUT2D eigenvalue weighted by molar-refractivity contribution is 0.921. The molecule has 2 aromatic rings. The van der Waals surface area contributed by atoms with E-state index in [-0.39, 0.29) is 0 Å². The van der Waals surface area contributed by atoms with Crippen molar-refractivity contribution in [3.63, 3.8) is 0 Å². The van der Waals surface area contributed by atoms with E-state index in [9.17, 15) is 0 Å². The monoisotopic (exact) mass is 316 g/mol. The molecule has 0 unspecified atom stereocenters. The van der Waals surface area contributed by atoms with Crippen LogP contribution in [0.5, 0.6) is 0 Å². The van der Waals surface area contributed by atoms with Gasteiger partial charge in [-0.05, 0) is 49.2 Å². The van der Waals surface area contributed by atoms with Gasteiger partial charge in [0, 0.05) is 23.2 Å². The van der Waals surface area contributed by atoms with Crippen molar-refractivity contribution in [3.05, 3.63) is 52.0 Å². The van der Waals surface area contributed by atoms with Crippen molar-refractivity contribution in [3.8, 4) is 0 Å². The van der Waals surface area contributed by atoms with Crippen LogP contribution in [0.3, 0.4) is 0 Å². The highest BCUT2D eigenvalue weighted by atomic mass is 79.9. The summed E-state index contributed by atoms with van der Waals surface area (Å²) in [6, 6.07) is 13.0. The molecule has 3 rings (SSSR count). The van der Waals surface area contributed by atoms with Crippen molar-refractivity contribution in [1.82, 2.24) is 0 Å². The highest BCUT2D eigenvalue weighted by Gasteiger charge is 2.19. The van der Waals surface area contributed by atoms with Crippen molar-refractivity contribution in [2.75, 3.05) is 23.3 Å². The molecule has 0 bridgehead atoms. The molecule has 0 saturated carbocycles. The number of nitrogens with zero attached hydrogens (tertiary/aromatic N) is 1. The normalized spacial score (nSPS) is 13.9. The van der Waals surface area contributed by atoms with Gasteiger partial charge >= 0.3 is 0 Å². The van der Waals surface area contributed by atoms with Crippen LogP contribution in [0.2, 0.25) is 0 Å². The number of anilines is 3. The number of halogens is 1. The summed E-state index contributed by atoms with van der Waals surface area (Å²) in [5.41, 5.74) is 6.37. The van der Waals surface area contributed by atoms with Crippen LogP contribution in [-0.2, 0) is 0 Å². The Morgan fingerprint density at radius 3 is 2.74 bits per heavy atom. The van der Waals surface area contributed by atoms with E-state index in [0.717, 1.165) is 17.6 Å². The Labute approximate surface area is 122 Å². The van der Waals surface area contributed by atoms with E-state index in [1.807, 2.05) is 0 Å². The number of aryl methyl sites for hydroxylation is 2. The molecule has 0 spiro atoms. The zero-order chi connectivity index (χ0) is 13.4. The van der Waals surface area contributed by atoms with E-state index in [1.165, 1.54) is 28.2 Å². The van der Waals surface area contributed by atoms with E-state index in [0.29, 0.717) is 0 Å². The van der Waals surface area contributed by atoms with Crippen LogP contribution in [0.1, 0.15) is 11.1 Å². The predicted molar refractivity (Wildman–Crippen MR) is 85.6 cm³/mol. The molecule has 1 N–H and O–H groups in total. The van der Waals surface area contributed by atoms with Gasteiger partial charge in [0.2, 0.25) is 0 Å². The maximum Gasteiger partial charge on any atom is 0.0658 e. The molecule has 0 radical (unpaired) electrons. The average Bonchev–Trinajstić information content (AvgIpc) is 2.41. The summed E-state index contributed by atoms with van der Waals surface area (Å²) < 4.78 is 1.12. The lowest BCUT2D eigenvalue weighted by Crippen LogP contribution is -2.30. The molecule has 3 heteroatoms. The topological polar surface area (TPSA) is 15.3 Å². The second-order valence-corrected chi connectivity index (χ2v) is 5.95. The third-order valence-corrected chi connectivity index (χ3v) is 4.05. The van der Waals surface area contributed by atoms with E-state index < -0.39 is 0 Å². The third-order valence-electron chi connectivity index (χ3n) is 3.56. The summed E-state index contributed by atoms with van der Waals surface area (Å²) in [5.74, 6) is 0. The first-order valence-corrected chi connectivity index (χ1v) is 7.33. The number of fused-ring (bicyclic) bond motifs is 1. The summed E-state index contributed by atoms with van der Waals surface area (Å²) in [6.07, 6.45) is 0. The zero-order valence-electron chi connectivity index (χ0n) is 11.2. The van der Waals surface area contributed by atoms with Crippen molar-refractivity contribution < 1.29 is 0 Å². The molecule has 0 aromatic heterocycles. The minimum atomic E-state index is 0.974. The molecule has 98 valence electrons. The minimum absolute atomic E-state index is 0.974. The standard InChI is InChI=1S/C16H17BrN2/c1-11-3-4-12(2)15(9-11)19-8-7-18-14-6-5-13(17)10-16(14)19/h3-6,9-10,18H,7-8H2,1-2H3. The number of nitrogens with one attached hydrogen (secondary N) is 1. The summed E-state index contributed by atoms with van der Waals surface area (Å²) in [5, 5.41) is 3.46. The van der Waals surface area contributed by atoms with Crippen LogP contribution < -0.4 is 10.2 Å². The van der Waals surface area contributed by atoms with Crippen molar-refractivity contribution in [2.24, 2.45) is 0 Å². The second kappa shape index (κ2) is 4.89. The number of rotatable bonds is 1. The van der Waals surface area contributed by atoms with Gasteiger partial charge in [-0.1, -0.05) is 28.1 Å². The van der Waals surface area contributed by atoms with Crippen LogP contribution in [0.4, 0.5) is 17.1 Å². The Hall–Kier alpha value is -1.48. The van der Waals surface area contributed by atoms with E-state index in [1.54, 1.807) is 0 Å². The first-order valence-electron chi connectivity index (χ1n) is 6.53. The van der Waals surface area contributed by atoms with Gasteiger partial charge in [0.1, 0.15) is 0 Å². The van der Waals surface area contributed by atoms with Crippen LogP contribution in [0.15, 0.2) is 40.9 Å². The van der Waals surface area contributed by atoms with Crippen molar-refractivity contribution >= 4 is 33.0 Å². The number of benzene rings is 2. The summed E-state index contributed by atoms with van der Waals surface area (Å²) >= 11 is 3.57. The molecule has 1 heterocycles. The molecule has 0 amide bonds. The second-order valence-electron chi connectivity index (χ2n) is 5.03. The van der Waals surface area contributed by atoms with Crippen molar-refractivity contribution in [1.29, 1.82) is 0 Å². The number of hydrogen-bond donors (Lipinski definition) is 1. The van der Waals surface area contributed by atoms with Gasteiger partial charge in [0.05, 0.1) is 11.4 Å². The summed E-state index contributed by atoms with van der Waals surface area (Å²) in [4.78, 5) is 2.40. The highest BCUT2D eigenvalue weighted by molar-refractivity contribution is 9.10. The van der Waals surface area contributed by atoms with E-state index in [2.05, 4.69) is 76.4 Å². The van der Waals surface area contributed by atoms with E-state index in [4.69, 9.17) is 0 Å². The zero-order valence-corrected chi connectivity index (χ0v) is 12.8. The summed E-state index contributed by atoms with van der Waals surface area (Å²) in [6.45, 7) is 6.29. The Bertz CT molecular complexity index is 622. The molecular formula is C16H17BrN2. The molecular weight excluding hydrogens is 300 g/mol. The number of hydrogen-bond acceptors (Lipinski definition) is 2. The summed E-state index contributed by atoms with van der Waals surface area (Å²) in [7, 11) is 0. The highest BCUT2D eigenvalue weighted by Crippen LogP contribution is 2.38. The lowest BCUT2D eigenvalue weighted by Gasteiger charge is -2.33. The molecule has 0 fully saturated rings. The van der Waals surface area contributed by atoms with Gasteiger partial charge in [-0.3, -0.25) is 0 Å². The Kier molecular flexibility index (Phi) is 3.23. The lowest BCUT2D eigenvalue weighted by atomic mass is 10.1. The first-order chi connectivity index (χ1) is 9.15. The van der Waals surface area contributed by atoms with Crippen LogP contribution in [-0.4, -0.2) is 13.1 Å². The van der Waals surface area contributed by atoms with Gasteiger partial charge in [0.25, 0.3) is 0 Å². The average molecular weight is 317 g/mol. The van der Waals surface area contributed by atoms with Crippen LogP contribution >= 0.6 is 15.9 Å². The Morgan fingerprint density at radius 1 is 1.05 bits per heavy atom. The largest absolute Gasteiger partial charge is 0.382 e. The Morgan fingerprint density at radius 2 is 1.89 bits per heavy atom. The first kappa shape index (κ1) is 12.5. The molecule has 1 aliphatic heterocycles. The van der Waals surface area contributed by atoms with Gasteiger partial charge in [0.15, 0.2) is 0 Å². The van der Waals surface area contributed by atoms with Gasteiger partial charge in [-0.15, -0.1) is 0 Å². The molecule has 0 atom stereocenters. The third kappa shape index (κ3) is 2.35. The molecule has 1 aliphatic rings. The van der Waals surface area contributed by atoms with Gasteiger partial charge in [-0.25, -0.2) is 0 Å². The van der Waals surface area contributed by atoms with Crippen LogP contribution in [0, 0.1) is 13.8 Å². The molecule has 2 aromatic carbocycles. The maximum absolute atomic E-state index is 3.57. The van der Waals surface area contributed by atoms with Gasteiger partial charge < -0.3 is 10.2 Å². The SMILES string of the molecule is Cc1ccc(C)c(N2CCNc3ccc(Br)cc32)c1. The van der Waals surface area contributed by atoms with Crippen molar-refractivity contribution in [2.45, 2.75) is 13.8 Å².